The number of nitro benzene ring substituents is 1. The second-order valence-corrected chi connectivity index (χ2v) is 12.6. The molecule has 1 heterocycles. The highest BCUT2D eigenvalue weighted by atomic mass is 35.5. The van der Waals surface area contributed by atoms with Gasteiger partial charge < -0.3 is 24.6 Å². The third kappa shape index (κ3) is 8.36. The van der Waals surface area contributed by atoms with E-state index in [0.29, 0.717) is 44.9 Å². The molecule has 0 aliphatic carbocycles. The molecule has 0 bridgehead atoms. The van der Waals surface area contributed by atoms with Gasteiger partial charge in [-0.15, -0.1) is 0 Å². The van der Waals surface area contributed by atoms with Crippen molar-refractivity contribution in [3.05, 3.63) is 104 Å². The zero-order valence-corrected chi connectivity index (χ0v) is 29.3. The van der Waals surface area contributed by atoms with Crippen LogP contribution in [-0.4, -0.2) is 69.6 Å². The SMILES string of the molecule is CCCOC(=O)C(NC(=O)C(Cl)Cl)C(O)(COC(=O)Cc1c(C)n(C(=O)c2ccc(Cl)cc2)c2ccc(OC)cc12)c1ccc([N+](=O)[O-])cc1. The molecule has 2 unspecified atom stereocenters. The summed E-state index contributed by atoms with van der Waals surface area (Å²) in [6, 6.07) is 13.8. The Kier molecular flexibility index (Phi) is 12.5. The third-order valence-electron chi connectivity index (χ3n) is 7.83. The van der Waals surface area contributed by atoms with E-state index in [9.17, 15) is 34.4 Å². The molecule has 0 spiro atoms. The van der Waals surface area contributed by atoms with Crippen LogP contribution < -0.4 is 10.1 Å². The summed E-state index contributed by atoms with van der Waals surface area (Å²) in [5.74, 6) is -3.01. The Bertz CT molecular complexity index is 1910. The van der Waals surface area contributed by atoms with Crippen molar-refractivity contribution in [1.82, 2.24) is 9.88 Å². The molecule has 0 aliphatic rings. The number of benzene rings is 3. The first-order chi connectivity index (χ1) is 23.7. The molecular weight excluding hydrogens is 717 g/mol. The number of hydrogen-bond donors (Lipinski definition) is 2. The molecule has 0 fully saturated rings. The van der Waals surface area contributed by atoms with Gasteiger partial charge in [-0.3, -0.25) is 29.1 Å². The summed E-state index contributed by atoms with van der Waals surface area (Å²) in [6.07, 6.45) is -0.0151. The number of ether oxygens (including phenoxy) is 3. The van der Waals surface area contributed by atoms with Crippen molar-refractivity contribution in [2.75, 3.05) is 20.3 Å². The number of nitrogens with zero attached hydrogens (tertiary/aromatic N) is 2. The molecular formula is C34H32Cl3N3O10. The topological polar surface area (TPSA) is 176 Å². The third-order valence-corrected chi connectivity index (χ3v) is 8.48. The van der Waals surface area contributed by atoms with E-state index in [1.54, 1.807) is 56.3 Å². The van der Waals surface area contributed by atoms with Crippen LogP contribution in [0.2, 0.25) is 5.02 Å². The van der Waals surface area contributed by atoms with Crippen LogP contribution in [0.15, 0.2) is 66.7 Å². The van der Waals surface area contributed by atoms with Crippen molar-refractivity contribution in [2.45, 2.75) is 43.2 Å². The number of methoxy groups -OCH3 is 1. The molecule has 3 aromatic carbocycles. The Morgan fingerprint density at radius 1 is 1.02 bits per heavy atom. The lowest BCUT2D eigenvalue weighted by atomic mass is 9.86. The van der Waals surface area contributed by atoms with Crippen molar-refractivity contribution >= 4 is 75.1 Å². The fraction of sp³-hybridized carbons (Fsp3) is 0.294. The van der Waals surface area contributed by atoms with Gasteiger partial charge in [0.05, 0.1) is 30.6 Å². The van der Waals surface area contributed by atoms with Crippen LogP contribution in [-0.2, 0) is 35.9 Å². The zero-order chi connectivity index (χ0) is 36.7. The number of alkyl halides is 2. The maximum Gasteiger partial charge on any atom is 0.332 e. The number of carbonyl (C=O) groups excluding carboxylic acids is 4. The van der Waals surface area contributed by atoms with E-state index >= 15 is 0 Å². The van der Waals surface area contributed by atoms with Crippen molar-refractivity contribution in [3.63, 3.8) is 0 Å². The molecule has 50 heavy (non-hydrogen) atoms. The number of non-ortho nitro benzene ring substituents is 1. The number of esters is 2. The molecule has 264 valence electrons. The van der Waals surface area contributed by atoms with Crippen molar-refractivity contribution in [1.29, 1.82) is 0 Å². The number of hydrogen-bond acceptors (Lipinski definition) is 10. The summed E-state index contributed by atoms with van der Waals surface area (Å²) >= 11 is 17.5. The van der Waals surface area contributed by atoms with Crippen molar-refractivity contribution in [3.8, 4) is 5.75 Å². The van der Waals surface area contributed by atoms with E-state index in [0.717, 1.165) is 24.3 Å². The molecule has 13 nitrogen and oxygen atoms in total. The van der Waals surface area contributed by atoms with Gasteiger partial charge in [0, 0.05) is 33.8 Å². The van der Waals surface area contributed by atoms with Gasteiger partial charge in [-0.2, -0.15) is 0 Å². The number of carbonyl (C=O) groups is 4. The molecule has 1 amide bonds. The molecule has 0 radical (unpaired) electrons. The minimum Gasteiger partial charge on any atom is -0.497 e. The molecule has 0 aliphatic heterocycles. The normalized spacial score (nSPS) is 13.0. The molecule has 16 heteroatoms. The van der Waals surface area contributed by atoms with E-state index in [1.165, 1.54) is 11.7 Å². The second-order valence-electron chi connectivity index (χ2n) is 11.1. The number of amides is 1. The van der Waals surface area contributed by atoms with Crippen LogP contribution in [0.4, 0.5) is 5.69 Å². The number of halogens is 3. The Morgan fingerprint density at radius 2 is 1.68 bits per heavy atom. The molecule has 0 saturated heterocycles. The fourth-order valence-electron chi connectivity index (χ4n) is 5.25. The monoisotopic (exact) mass is 747 g/mol. The van der Waals surface area contributed by atoms with Crippen LogP contribution in [0.1, 0.15) is 40.5 Å². The molecule has 4 rings (SSSR count). The molecule has 2 N–H and O–H groups in total. The van der Waals surface area contributed by atoms with Crippen LogP contribution >= 0.6 is 34.8 Å². The second kappa shape index (κ2) is 16.3. The molecule has 1 aromatic heterocycles. The van der Waals surface area contributed by atoms with Crippen molar-refractivity contribution in [2.24, 2.45) is 0 Å². The highest BCUT2D eigenvalue weighted by Gasteiger charge is 2.47. The summed E-state index contributed by atoms with van der Waals surface area (Å²) in [5.41, 5.74) is -1.37. The lowest BCUT2D eigenvalue weighted by molar-refractivity contribution is -0.384. The van der Waals surface area contributed by atoms with Gasteiger partial charge in [-0.1, -0.05) is 41.7 Å². The Morgan fingerprint density at radius 3 is 2.26 bits per heavy atom. The number of aromatic nitrogens is 1. The van der Waals surface area contributed by atoms with Crippen LogP contribution in [0, 0.1) is 17.0 Å². The predicted molar refractivity (Wildman–Crippen MR) is 185 cm³/mol. The van der Waals surface area contributed by atoms with Crippen LogP contribution in [0.3, 0.4) is 0 Å². The van der Waals surface area contributed by atoms with E-state index in [2.05, 4.69) is 5.32 Å². The van der Waals surface area contributed by atoms with E-state index in [4.69, 9.17) is 49.0 Å². The highest BCUT2D eigenvalue weighted by Crippen LogP contribution is 2.33. The first kappa shape index (κ1) is 38.1. The zero-order valence-electron chi connectivity index (χ0n) is 27.0. The lowest BCUT2D eigenvalue weighted by Crippen LogP contribution is -2.59. The Balaban J connectivity index is 1.73. The predicted octanol–water partition coefficient (Wildman–Crippen LogP) is 5.42. The summed E-state index contributed by atoms with van der Waals surface area (Å²) < 4.78 is 17.6. The minimum atomic E-state index is -2.54. The Hall–Kier alpha value is -4.69. The summed E-state index contributed by atoms with van der Waals surface area (Å²) in [7, 11) is 1.47. The molecule has 4 aromatic rings. The molecule has 0 saturated carbocycles. The summed E-state index contributed by atoms with van der Waals surface area (Å²) in [4.78, 5) is 62.1. The van der Waals surface area contributed by atoms with Gasteiger partial charge in [0.2, 0.25) is 0 Å². The standard InChI is InChI=1S/C34H32Cl3N3O10/c1-4-15-49-33(44)29(38-31(42)30(36)37)34(45,21-7-11-23(12-8-21)40(46)47)18-50-28(41)17-25-19(2)39(27-14-13-24(48-3)16-26(25)27)32(43)20-5-9-22(35)10-6-20/h5-14,16,29-30,45H,4,15,17-18H2,1-3H3,(H,38,42). The minimum absolute atomic E-state index is 0.0892. The lowest BCUT2D eigenvalue weighted by Gasteiger charge is -2.35. The van der Waals surface area contributed by atoms with E-state index < -0.39 is 52.3 Å². The van der Waals surface area contributed by atoms with E-state index in [1.807, 2.05) is 0 Å². The first-order valence-corrected chi connectivity index (χ1v) is 16.3. The summed E-state index contributed by atoms with van der Waals surface area (Å²) in [6.45, 7) is 2.35. The number of nitro groups is 1. The Labute approximate surface area is 301 Å². The first-order valence-electron chi connectivity index (χ1n) is 15.1. The number of fused-ring (bicyclic) bond motifs is 1. The number of nitrogens with one attached hydrogen (secondary N) is 1. The largest absolute Gasteiger partial charge is 0.497 e. The van der Waals surface area contributed by atoms with Gasteiger partial charge >= 0.3 is 11.9 Å². The summed E-state index contributed by atoms with van der Waals surface area (Å²) in [5, 5.41) is 26.6. The smallest absolute Gasteiger partial charge is 0.332 e. The highest BCUT2D eigenvalue weighted by molar-refractivity contribution is 6.53. The van der Waals surface area contributed by atoms with Gasteiger partial charge in [0.15, 0.2) is 16.5 Å². The van der Waals surface area contributed by atoms with E-state index in [-0.39, 0.29) is 23.8 Å². The van der Waals surface area contributed by atoms with Gasteiger partial charge in [0.25, 0.3) is 17.5 Å². The van der Waals surface area contributed by atoms with Gasteiger partial charge in [-0.05, 0) is 79.1 Å². The average molecular weight is 749 g/mol. The fourth-order valence-corrected chi connectivity index (χ4v) is 5.50. The van der Waals surface area contributed by atoms with Crippen molar-refractivity contribution < 1.29 is 43.4 Å². The average Bonchev–Trinajstić information content (AvgIpc) is 3.37. The van der Waals surface area contributed by atoms with Gasteiger partial charge in [-0.25, -0.2) is 4.79 Å². The quantitative estimate of drug-likeness (QED) is 0.0733. The maximum atomic E-state index is 13.7. The van der Waals surface area contributed by atoms with Crippen LogP contribution in [0.25, 0.3) is 10.9 Å². The van der Waals surface area contributed by atoms with Crippen LogP contribution in [0.5, 0.6) is 5.75 Å². The number of rotatable bonds is 14. The van der Waals surface area contributed by atoms with Gasteiger partial charge in [0.1, 0.15) is 12.4 Å². The number of aliphatic hydroxyl groups is 1. The maximum absolute atomic E-state index is 13.7. The molecule has 2 atom stereocenters.